The van der Waals surface area contributed by atoms with E-state index in [2.05, 4.69) is 33.4 Å². The Labute approximate surface area is 78.9 Å². The van der Waals surface area contributed by atoms with E-state index < -0.39 is 0 Å². The Bertz CT molecular complexity index is 228. The fraction of sp³-hybridized carbons (Fsp3) is 0.667. The number of rotatable bonds is 1. The molecule has 1 saturated heterocycles. The minimum Gasteiger partial charge on any atom is -0.372 e. The zero-order valence-electron chi connectivity index (χ0n) is 8.03. The van der Waals surface area contributed by atoms with Gasteiger partial charge in [0.05, 0.1) is 6.54 Å². The van der Waals surface area contributed by atoms with Crippen molar-refractivity contribution >= 4 is 6.21 Å². The molecule has 1 N–H and O–H groups in total. The van der Waals surface area contributed by atoms with Crippen LogP contribution < -0.4 is 5.32 Å². The highest BCUT2D eigenvalue weighted by Crippen LogP contribution is 2.10. The molecule has 0 unspecified atom stereocenters. The molecule has 0 aromatic heterocycles. The monoisotopic (exact) mass is 180 g/mol. The van der Waals surface area contributed by atoms with Crippen LogP contribution in [0.3, 0.4) is 0 Å². The molecule has 2 rings (SSSR count). The minimum absolute atomic E-state index is 0.926. The number of piperazine rings is 1. The first-order valence-electron chi connectivity index (χ1n) is 4.76. The average Bonchev–Trinajstić information content (AvgIpc) is 2.19. The fourth-order valence-corrected chi connectivity index (χ4v) is 1.60. The average molecular weight is 180 g/mol. The van der Waals surface area contributed by atoms with Gasteiger partial charge in [0.25, 0.3) is 0 Å². The number of aliphatic imine (C=N–C) groups is 1. The minimum atomic E-state index is 0.926. The lowest BCUT2D eigenvalue weighted by atomic mass is 10.3. The van der Waals surface area contributed by atoms with E-state index >= 15 is 0 Å². The second kappa shape index (κ2) is 3.79. The number of hydrogen-bond donors (Lipinski definition) is 1. The first-order valence-corrected chi connectivity index (χ1v) is 4.76. The molecule has 0 aromatic carbocycles. The van der Waals surface area contributed by atoms with Gasteiger partial charge in [-0.05, 0) is 0 Å². The molecule has 0 radical (unpaired) electrons. The first kappa shape index (κ1) is 8.56. The van der Waals surface area contributed by atoms with Gasteiger partial charge in [0, 0.05) is 45.6 Å². The Morgan fingerprint density at radius 1 is 1.38 bits per heavy atom. The molecule has 13 heavy (non-hydrogen) atoms. The van der Waals surface area contributed by atoms with Crippen molar-refractivity contribution in [2.75, 3.05) is 39.8 Å². The highest BCUT2D eigenvalue weighted by Gasteiger charge is 2.13. The quantitative estimate of drug-likeness (QED) is 0.601. The highest BCUT2D eigenvalue weighted by atomic mass is 15.3. The summed E-state index contributed by atoms with van der Waals surface area (Å²) in [6.07, 6.45) is 4.09. The summed E-state index contributed by atoms with van der Waals surface area (Å²) < 4.78 is 0. The van der Waals surface area contributed by atoms with Crippen molar-refractivity contribution < 1.29 is 0 Å². The second-order valence-corrected chi connectivity index (χ2v) is 3.48. The predicted octanol–water partition coefficient (Wildman–Crippen LogP) is -0.293. The van der Waals surface area contributed by atoms with Gasteiger partial charge in [-0.2, -0.15) is 0 Å². The lowest BCUT2D eigenvalue weighted by Gasteiger charge is -2.31. The molecule has 2 aliphatic heterocycles. The third kappa shape index (κ3) is 2.01. The van der Waals surface area contributed by atoms with Crippen LogP contribution in [0.25, 0.3) is 0 Å². The van der Waals surface area contributed by atoms with Crippen LogP contribution in [-0.2, 0) is 0 Å². The number of nitrogens with one attached hydrogen (secondary N) is 1. The fourth-order valence-electron chi connectivity index (χ4n) is 1.60. The molecular weight excluding hydrogens is 164 g/mol. The van der Waals surface area contributed by atoms with E-state index in [1.54, 1.807) is 0 Å². The normalized spacial score (nSPS) is 23.3. The summed E-state index contributed by atoms with van der Waals surface area (Å²) in [4.78, 5) is 8.88. The Kier molecular flexibility index (Phi) is 2.49. The van der Waals surface area contributed by atoms with E-state index in [0.29, 0.717) is 0 Å². The summed E-state index contributed by atoms with van der Waals surface area (Å²) in [5.41, 5.74) is 0. The molecule has 0 bridgehead atoms. The summed E-state index contributed by atoms with van der Waals surface area (Å²) in [6.45, 7) is 5.19. The van der Waals surface area contributed by atoms with Gasteiger partial charge in [0.15, 0.2) is 0 Å². The van der Waals surface area contributed by atoms with Crippen LogP contribution in [0.15, 0.2) is 17.0 Å². The van der Waals surface area contributed by atoms with Crippen molar-refractivity contribution in [3.8, 4) is 0 Å². The van der Waals surface area contributed by atoms with E-state index in [4.69, 9.17) is 0 Å². The number of nitrogens with zero attached hydrogens (tertiary/aromatic N) is 3. The summed E-state index contributed by atoms with van der Waals surface area (Å²) in [7, 11) is 2.08. The van der Waals surface area contributed by atoms with E-state index in [1.807, 2.05) is 6.21 Å². The van der Waals surface area contributed by atoms with Crippen molar-refractivity contribution in [1.82, 2.24) is 15.1 Å². The third-order valence-electron chi connectivity index (χ3n) is 2.37. The van der Waals surface area contributed by atoms with Crippen LogP contribution in [0, 0.1) is 0 Å². The molecule has 0 saturated carbocycles. The van der Waals surface area contributed by atoms with Gasteiger partial charge < -0.3 is 15.1 Å². The highest BCUT2D eigenvalue weighted by molar-refractivity contribution is 5.62. The standard InChI is InChI=1S/C9H16N4/c1-12-5-4-11-9(8-12)13-6-2-10-3-7-13/h4,8,10H,2-3,5-7H2,1H3. The second-order valence-electron chi connectivity index (χ2n) is 3.48. The molecule has 0 spiro atoms. The Morgan fingerprint density at radius 2 is 2.15 bits per heavy atom. The molecule has 2 heterocycles. The topological polar surface area (TPSA) is 30.9 Å². The van der Waals surface area contributed by atoms with Crippen molar-refractivity contribution in [1.29, 1.82) is 0 Å². The molecule has 4 nitrogen and oxygen atoms in total. The Hall–Kier alpha value is -1.03. The molecule has 0 aromatic rings. The summed E-state index contributed by atoms with van der Waals surface area (Å²) in [5, 5.41) is 3.33. The van der Waals surface area contributed by atoms with E-state index in [-0.39, 0.29) is 0 Å². The van der Waals surface area contributed by atoms with E-state index in [0.717, 1.165) is 38.5 Å². The summed E-state index contributed by atoms with van der Waals surface area (Å²) >= 11 is 0. The predicted molar refractivity (Wildman–Crippen MR) is 53.6 cm³/mol. The lowest BCUT2D eigenvalue weighted by molar-refractivity contribution is 0.287. The van der Waals surface area contributed by atoms with Crippen molar-refractivity contribution in [3.05, 3.63) is 12.0 Å². The van der Waals surface area contributed by atoms with E-state index in [9.17, 15) is 0 Å². The largest absolute Gasteiger partial charge is 0.372 e. The van der Waals surface area contributed by atoms with Crippen molar-refractivity contribution in [3.63, 3.8) is 0 Å². The van der Waals surface area contributed by atoms with Crippen molar-refractivity contribution in [2.24, 2.45) is 4.99 Å². The molecule has 4 heteroatoms. The van der Waals surface area contributed by atoms with Gasteiger partial charge in [-0.15, -0.1) is 0 Å². The summed E-state index contributed by atoms with van der Waals surface area (Å²) in [6, 6.07) is 0. The maximum Gasteiger partial charge on any atom is 0.144 e. The van der Waals surface area contributed by atoms with Crippen LogP contribution in [0.4, 0.5) is 0 Å². The van der Waals surface area contributed by atoms with Gasteiger partial charge in [-0.1, -0.05) is 0 Å². The SMILES string of the molecule is CN1C=C(N2CCNCC2)N=CC1. The third-order valence-corrected chi connectivity index (χ3v) is 2.37. The maximum atomic E-state index is 4.40. The molecule has 0 amide bonds. The molecule has 0 atom stereocenters. The maximum absolute atomic E-state index is 4.40. The molecule has 0 aliphatic carbocycles. The molecule has 2 aliphatic rings. The van der Waals surface area contributed by atoms with Gasteiger partial charge in [-0.25, -0.2) is 4.99 Å². The summed E-state index contributed by atoms with van der Waals surface area (Å²) in [5.74, 6) is 1.11. The zero-order chi connectivity index (χ0) is 9.10. The van der Waals surface area contributed by atoms with Crippen molar-refractivity contribution in [2.45, 2.75) is 0 Å². The van der Waals surface area contributed by atoms with Crippen LogP contribution >= 0.6 is 0 Å². The Morgan fingerprint density at radius 3 is 2.85 bits per heavy atom. The zero-order valence-corrected chi connectivity index (χ0v) is 8.03. The molecule has 72 valence electrons. The smallest absolute Gasteiger partial charge is 0.144 e. The number of hydrogen-bond acceptors (Lipinski definition) is 4. The van der Waals surface area contributed by atoms with Crippen LogP contribution in [0.1, 0.15) is 0 Å². The van der Waals surface area contributed by atoms with E-state index in [1.165, 1.54) is 0 Å². The van der Waals surface area contributed by atoms with Gasteiger partial charge in [-0.3, -0.25) is 0 Å². The van der Waals surface area contributed by atoms with Gasteiger partial charge >= 0.3 is 0 Å². The first-order chi connectivity index (χ1) is 6.36. The molecule has 1 fully saturated rings. The Balaban J connectivity index is 2.02. The van der Waals surface area contributed by atoms with Gasteiger partial charge in [0.2, 0.25) is 0 Å². The van der Waals surface area contributed by atoms with Crippen LogP contribution in [0.2, 0.25) is 0 Å². The van der Waals surface area contributed by atoms with Crippen LogP contribution in [0.5, 0.6) is 0 Å². The van der Waals surface area contributed by atoms with Crippen LogP contribution in [-0.4, -0.2) is 55.8 Å². The lowest BCUT2D eigenvalue weighted by Crippen LogP contribution is -2.43. The molecular formula is C9H16N4. The van der Waals surface area contributed by atoms with Gasteiger partial charge in [0.1, 0.15) is 5.82 Å².